The molecule has 1 aromatic carbocycles. The van der Waals surface area contributed by atoms with Crippen LogP contribution in [0.3, 0.4) is 0 Å². The van der Waals surface area contributed by atoms with Crippen LogP contribution in [0.15, 0.2) is 22.7 Å². The fourth-order valence-corrected chi connectivity index (χ4v) is 1.92. The molecular weight excluding hydrogens is 343 g/mol. The Kier molecular flexibility index (Phi) is 5.98. The largest absolute Gasteiger partial charge is 0.425 e. The van der Waals surface area contributed by atoms with Crippen molar-refractivity contribution in [3.05, 3.63) is 28.5 Å². The van der Waals surface area contributed by atoms with E-state index in [1.54, 1.807) is 0 Å². The van der Waals surface area contributed by atoms with Crippen molar-refractivity contribution in [1.82, 2.24) is 0 Å². The van der Waals surface area contributed by atoms with Gasteiger partial charge in [-0.2, -0.15) is 0 Å². The molecule has 0 heterocycles. The molecule has 0 saturated carbocycles. The molecular formula is C11H11Br2FO2. The third kappa shape index (κ3) is 4.61. The molecule has 16 heavy (non-hydrogen) atoms. The second-order valence-electron chi connectivity index (χ2n) is 3.19. The van der Waals surface area contributed by atoms with E-state index in [1.165, 1.54) is 18.2 Å². The van der Waals surface area contributed by atoms with E-state index in [2.05, 4.69) is 31.9 Å². The van der Waals surface area contributed by atoms with Crippen molar-refractivity contribution >= 4 is 37.8 Å². The molecule has 0 bridgehead atoms. The molecule has 0 aliphatic heterocycles. The number of rotatable bonds is 5. The summed E-state index contributed by atoms with van der Waals surface area (Å²) in [6.45, 7) is 0. The summed E-state index contributed by atoms with van der Waals surface area (Å²) in [6, 6.07) is 3.95. The smallest absolute Gasteiger partial charge is 0.311 e. The summed E-state index contributed by atoms with van der Waals surface area (Å²) in [5.41, 5.74) is 0. The van der Waals surface area contributed by atoms with Crippen molar-refractivity contribution in [2.45, 2.75) is 19.3 Å². The minimum absolute atomic E-state index is 0.298. The first kappa shape index (κ1) is 13.6. The maximum absolute atomic E-state index is 12.8. The molecule has 0 N–H and O–H groups in total. The van der Waals surface area contributed by atoms with Gasteiger partial charge >= 0.3 is 5.97 Å². The van der Waals surface area contributed by atoms with Crippen molar-refractivity contribution < 1.29 is 13.9 Å². The number of alkyl halides is 1. The van der Waals surface area contributed by atoms with Gasteiger partial charge in [-0.15, -0.1) is 0 Å². The van der Waals surface area contributed by atoms with Crippen LogP contribution < -0.4 is 4.74 Å². The van der Waals surface area contributed by atoms with Gasteiger partial charge in [-0.3, -0.25) is 4.79 Å². The number of esters is 1. The van der Waals surface area contributed by atoms with Gasteiger partial charge in [0.15, 0.2) is 0 Å². The van der Waals surface area contributed by atoms with Crippen LogP contribution in [0.4, 0.5) is 4.39 Å². The number of hydrogen-bond acceptors (Lipinski definition) is 2. The minimum Gasteiger partial charge on any atom is -0.425 e. The van der Waals surface area contributed by atoms with E-state index in [4.69, 9.17) is 4.74 Å². The van der Waals surface area contributed by atoms with Crippen LogP contribution in [0, 0.1) is 5.82 Å². The number of ether oxygens (including phenoxy) is 1. The molecule has 0 saturated heterocycles. The summed E-state index contributed by atoms with van der Waals surface area (Å²) < 4.78 is 18.3. The van der Waals surface area contributed by atoms with E-state index < -0.39 is 0 Å². The average Bonchev–Trinajstić information content (AvgIpc) is 2.23. The fraction of sp³-hybridized carbons (Fsp3) is 0.364. The highest BCUT2D eigenvalue weighted by molar-refractivity contribution is 9.10. The predicted octanol–water partition coefficient (Wildman–Crippen LogP) is 4.06. The van der Waals surface area contributed by atoms with Gasteiger partial charge in [0.1, 0.15) is 11.6 Å². The normalized spacial score (nSPS) is 10.2. The molecule has 0 aliphatic rings. The van der Waals surface area contributed by atoms with Gasteiger partial charge in [-0.1, -0.05) is 15.9 Å². The number of halogens is 3. The van der Waals surface area contributed by atoms with Crippen molar-refractivity contribution in [2.24, 2.45) is 0 Å². The molecule has 1 aromatic rings. The van der Waals surface area contributed by atoms with Crippen molar-refractivity contribution in [1.29, 1.82) is 0 Å². The molecule has 0 fully saturated rings. The van der Waals surface area contributed by atoms with Gasteiger partial charge in [0.25, 0.3) is 0 Å². The van der Waals surface area contributed by atoms with Crippen LogP contribution in [0.2, 0.25) is 0 Å². The number of hydrogen-bond donors (Lipinski definition) is 0. The molecule has 0 spiro atoms. The van der Waals surface area contributed by atoms with Crippen LogP contribution in [0.1, 0.15) is 19.3 Å². The maximum Gasteiger partial charge on any atom is 0.311 e. The summed E-state index contributed by atoms with van der Waals surface area (Å²) in [5, 5.41) is 0.876. The van der Waals surface area contributed by atoms with E-state index in [9.17, 15) is 9.18 Å². The number of unbranched alkanes of at least 4 members (excludes halogenated alkanes) is 1. The van der Waals surface area contributed by atoms with Gasteiger partial charge in [0.05, 0.1) is 4.47 Å². The van der Waals surface area contributed by atoms with Crippen LogP contribution in [-0.4, -0.2) is 11.3 Å². The molecule has 0 aromatic heterocycles. The van der Waals surface area contributed by atoms with Crippen molar-refractivity contribution in [3.63, 3.8) is 0 Å². The molecule has 2 nitrogen and oxygen atoms in total. The molecule has 5 heteroatoms. The summed E-state index contributed by atoms with van der Waals surface area (Å²) in [7, 11) is 0. The van der Waals surface area contributed by atoms with E-state index in [0.717, 1.165) is 18.2 Å². The van der Waals surface area contributed by atoms with Crippen LogP contribution in [-0.2, 0) is 4.79 Å². The lowest BCUT2D eigenvalue weighted by molar-refractivity contribution is -0.134. The van der Waals surface area contributed by atoms with Gasteiger partial charge in [0.2, 0.25) is 0 Å². The van der Waals surface area contributed by atoms with Gasteiger partial charge in [0, 0.05) is 11.8 Å². The number of carbonyl (C=O) groups excluding carboxylic acids is 1. The SMILES string of the molecule is O=C(CCCCBr)Oc1ccc(F)cc1Br. The summed E-state index contributed by atoms with van der Waals surface area (Å²) in [6.07, 6.45) is 2.08. The highest BCUT2D eigenvalue weighted by Gasteiger charge is 2.08. The molecule has 0 radical (unpaired) electrons. The fourth-order valence-electron chi connectivity index (χ4n) is 1.10. The Morgan fingerprint density at radius 3 is 2.75 bits per heavy atom. The van der Waals surface area contributed by atoms with Gasteiger partial charge in [-0.05, 0) is 47.0 Å². The quantitative estimate of drug-likeness (QED) is 0.345. The molecule has 1 rings (SSSR count). The van der Waals surface area contributed by atoms with Crippen molar-refractivity contribution in [2.75, 3.05) is 5.33 Å². The first-order valence-electron chi connectivity index (χ1n) is 4.85. The topological polar surface area (TPSA) is 26.3 Å². The maximum atomic E-state index is 12.8. The molecule has 0 aliphatic carbocycles. The first-order valence-corrected chi connectivity index (χ1v) is 6.76. The van der Waals surface area contributed by atoms with E-state index >= 15 is 0 Å². The number of carbonyl (C=O) groups is 1. The summed E-state index contributed by atoms with van der Waals surface area (Å²) >= 11 is 6.42. The van der Waals surface area contributed by atoms with Crippen LogP contribution in [0.5, 0.6) is 5.75 Å². The lowest BCUT2D eigenvalue weighted by Crippen LogP contribution is -2.08. The van der Waals surface area contributed by atoms with E-state index in [1.807, 2.05) is 0 Å². The Bertz CT molecular complexity index is 369. The zero-order chi connectivity index (χ0) is 12.0. The monoisotopic (exact) mass is 352 g/mol. The molecule has 0 amide bonds. The van der Waals surface area contributed by atoms with Crippen molar-refractivity contribution in [3.8, 4) is 5.75 Å². The zero-order valence-electron chi connectivity index (χ0n) is 8.51. The highest BCUT2D eigenvalue weighted by Crippen LogP contribution is 2.25. The number of benzene rings is 1. The summed E-state index contributed by atoms with van der Waals surface area (Å²) in [5.74, 6) is -0.315. The minimum atomic E-state index is -0.369. The lowest BCUT2D eigenvalue weighted by Gasteiger charge is -2.05. The lowest BCUT2D eigenvalue weighted by atomic mass is 10.2. The predicted molar refractivity (Wildman–Crippen MR) is 67.4 cm³/mol. The Morgan fingerprint density at radius 2 is 2.12 bits per heavy atom. The summed E-state index contributed by atoms with van der Waals surface area (Å²) in [4.78, 5) is 11.4. The Labute approximate surface area is 110 Å². The standard InChI is InChI=1S/C11H11Br2FO2/c12-6-2-1-3-11(15)16-10-5-4-8(14)7-9(10)13/h4-5,7H,1-3,6H2. The van der Waals surface area contributed by atoms with Gasteiger partial charge in [-0.25, -0.2) is 4.39 Å². The average molecular weight is 354 g/mol. The zero-order valence-corrected chi connectivity index (χ0v) is 11.7. The third-order valence-corrected chi connectivity index (χ3v) is 3.06. The first-order chi connectivity index (χ1) is 7.63. The molecule has 88 valence electrons. The van der Waals surface area contributed by atoms with Crippen LogP contribution >= 0.6 is 31.9 Å². The van der Waals surface area contributed by atoms with E-state index in [-0.39, 0.29) is 11.8 Å². The van der Waals surface area contributed by atoms with Crippen LogP contribution in [0.25, 0.3) is 0 Å². The van der Waals surface area contributed by atoms with E-state index in [0.29, 0.717) is 16.6 Å². The third-order valence-electron chi connectivity index (χ3n) is 1.88. The second kappa shape index (κ2) is 7.01. The molecule has 0 unspecified atom stereocenters. The Balaban J connectivity index is 2.49. The Hall–Kier alpha value is -0.420. The highest BCUT2D eigenvalue weighted by atomic mass is 79.9. The second-order valence-corrected chi connectivity index (χ2v) is 4.84. The Morgan fingerprint density at radius 1 is 1.38 bits per heavy atom. The molecule has 0 atom stereocenters. The van der Waals surface area contributed by atoms with Gasteiger partial charge < -0.3 is 4.74 Å².